The van der Waals surface area contributed by atoms with Gasteiger partial charge in [-0.1, -0.05) is 26.7 Å². The summed E-state index contributed by atoms with van der Waals surface area (Å²) < 4.78 is 27.2. The molecule has 0 radical (unpaired) electrons. The first-order valence-electron chi connectivity index (χ1n) is 10.5. The van der Waals surface area contributed by atoms with Crippen LogP contribution in [0, 0.1) is 0 Å². The molecular weight excluding hydrogens is 390 g/mol. The number of nitrogens with zero attached hydrogens (tertiary/aromatic N) is 3. The van der Waals surface area contributed by atoms with Gasteiger partial charge in [0.25, 0.3) is 0 Å². The van der Waals surface area contributed by atoms with Crippen molar-refractivity contribution >= 4 is 27.5 Å². The van der Waals surface area contributed by atoms with Crippen LogP contribution < -0.4 is 4.90 Å². The minimum atomic E-state index is -3.59. The molecule has 1 aromatic rings. The van der Waals surface area contributed by atoms with E-state index in [9.17, 15) is 18.0 Å². The molecular formula is C21H31N3O4S. The largest absolute Gasteiger partial charge is 0.341 e. The quantitative estimate of drug-likeness (QED) is 0.731. The summed E-state index contributed by atoms with van der Waals surface area (Å²) in [6.45, 7) is 7.30. The van der Waals surface area contributed by atoms with Gasteiger partial charge in [0.2, 0.25) is 21.8 Å². The highest BCUT2D eigenvalue weighted by molar-refractivity contribution is 7.89. The van der Waals surface area contributed by atoms with Crippen LogP contribution in [0.15, 0.2) is 23.1 Å². The van der Waals surface area contributed by atoms with Crippen molar-refractivity contribution in [3.05, 3.63) is 23.8 Å². The zero-order valence-corrected chi connectivity index (χ0v) is 18.4. The van der Waals surface area contributed by atoms with Crippen LogP contribution in [0.4, 0.5) is 5.69 Å². The average molecular weight is 422 g/mol. The maximum atomic E-state index is 13.2. The molecule has 1 aromatic carbocycles. The lowest BCUT2D eigenvalue weighted by Gasteiger charge is -2.29. The summed E-state index contributed by atoms with van der Waals surface area (Å²) in [4.78, 5) is 29.2. The van der Waals surface area contributed by atoms with Crippen molar-refractivity contribution in [2.24, 2.45) is 0 Å². The Kier molecular flexibility index (Phi) is 6.63. The van der Waals surface area contributed by atoms with Crippen molar-refractivity contribution in [1.29, 1.82) is 0 Å². The van der Waals surface area contributed by atoms with Gasteiger partial charge in [-0.15, -0.1) is 0 Å². The molecule has 1 unspecified atom stereocenters. The highest BCUT2D eigenvalue weighted by Gasteiger charge is 2.39. The van der Waals surface area contributed by atoms with E-state index in [0.717, 1.165) is 44.3 Å². The number of sulfonamides is 1. The molecule has 3 rings (SSSR count). The van der Waals surface area contributed by atoms with Gasteiger partial charge in [0, 0.05) is 45.2 Å². The molecule has 29 heavy (non-hydrogen) atoms. The molecule has 2 aliphatic heterocycles. The van der Waals surface area contributed by atoms with Crippen LogP contribution in [0.1, 0.15) is 52.0 Å². The first kappa shape index (κ1) is 21.8. The minimum Gasteiger partial charge on any atom is -0.341 e. The zero-order chi connectivity index (χ0) is 21.2. The van der Waals surface area contributed by atoms with E-state index in [1.165, 1.54) is 16.1 Å². The second kappa shape index (κ2) is 8.83. The maximum absolute atomic E-state index is 13.2. The SMILES string of the molecule is CCN(CC)S(=O)(=O)c1ccc2c(c1)CC(C(=O)N1CCCCCC1)N2C(C)=O. The molecule has 8 heteroatoms. The Bertz CT molecular complexity index is 872. The molecule has 1 atom stereocenters. The number of rotatable bonds is 5. The highest BCUT2D eigenvalue weighted by atomic mass is 32.2. The number of likely N-dealkylation sites (tertiary alicyclic amines) is 1. The predicted molar refractivity (Wildman–Crippen MR) is 112 cm³/mol. The van der Waals surface area contributed by atoms with E-state index in [1.54, 1.807) is 18.2 Å². The molecule has 0 spiro atoms. The third kappa shape index (κ3) is 4.19. The van der Waals surface area contributed by atoms with Crippen molar-refractivity contribution in [3.8, 4) is 0 Å². The van der Waals surface area contributed by atoms with E-state index in [2.05, 4.69) is 0 Å². The highest BCUT2D eigenvalue weighted by Crippen LogP contribution is 2.35. The Morgan fingerprint density at radius 3 is 2.24 bits per heavy atom. The van der Waals surface area contributed by atoms with Crippen LogP contribution in [0.25, 0.3) is 0 Å². The van der Waals surface area contributed by atoms with Crippen LogP contribution in [0.3, 0.4) is 0 Å². The Morgan fingerprint density at radius 2 is 1.69 bits per heavy atom. The summed E-state index contributed by atoms with van der Waals surface area (Å²) >= 11 is 0. The van der Waals surface area contributed by atoms with E-state index in [-0.39, 0.29) is 16.7 Å². The summed E-state index contributed by atoms with van der Waals surface area (Å²) in [6.07, 6.45) is 4.57. The predicted octanol–water partition coefficient (Wildman–Crippen LogP) is 2.40. The smallest absolute Gasteiger partial charge is 0.246 e. The monoisotopic (exact) mass is 421 g/mol. The number of amides is 2. The summed E-state index contributed by atoms with van der Waals surface area (Å²) in [5.74, 6) is -0.234. The first-order valence-corrected chi connectivity index (χ1v) is 12.0. The first-order chi connectivity index (χ1) is 13.8. The normalized spacial score (nSPS) is 19.9. The van der Waals surface area contributed by atoms with Crippen molar-refractivity contribution in [2.75, 3.05) is 31.1 Å². The van der Waals surface area contributed by atoms with E-state index >= 15 is 0 Å². The molecule has 2 amide bonds. The third-order valence-corrected chi connectivity index (χ3v) is 7.97. The van der Waals surface area contributed by atoms with Crippen LogP contribution in [0.5, 0.6) is 0 Å². The van der Waals surface area contributed by atoms with Gasteiger partial charge in [0.1, 0.15) is 6.04 Å². The van der Waals surface area contributed by atoms with Crippen LogP contribution in [-0.2, 0) is 26.0 Å². The Balaban J connectivity index is 1.92. The molecule has 160 valence electrons. The van der Waals surface area contributed by atoms with Gasteiger partial charge in [0.05, 0.1) is 4.90 Å². The van der Waals surface area contributed by atoms with Crippen molar-refractivity contribution in [3.63, 3.8) is 0 Å². The van der Waals surface area contributed by atoms with Crippen LogP contribution in [0.2, 0.25) is 0 Å². The molecule has 0 N–H and O–H groups in total. The summed E-state index contributed by atoms with van der Waals surface area (Å²) in [7, 11) is -3.59. The number of carbonyl (C=O) groups is 2. The molecule has 1 fully saturated rings. The Morgan fingerprint density at radius 1 is 1.07 bits per heavy atom. The standard InChI is InChI=1S/C21H31N3O4S/c1-4-23(5-2)29(27,28)18-10-11-19-17(14-18)15-20(24(19)16(3)25)21(26)22-12-8-6-7-9-13-22/h10-11,14,20H,4-9,12-13,15H2,1-3H3. The lowest BCUT2D eigenvalue weighted by Crippen LogP contribution is -2.49. The van der Waals surface area contributed by atoms with Gasteiger partial charge in [0.15, 0.2) is 0 Å². The fourth-order valence-electron chi connectivity index (χ4n) is 4.39. The summed E-state index contributed by atoms with van der Waals surface area (Å²) in [5.41, 5.74) is 1.38. The van der Waals surface area contributed by atoms with Gasteiger partial charge < -0.3 is 4.90 Å². The second-order valence-corrected chi connectivity index (χ2v) is 9.67. The summed E-state index contributed by atoms with van der Waals surface area (Å²) in [6, 6.07) is 4.26. The maximum Gasteiger partial charge on any atom is 0.246 e. The van der Waals surface area contributed by atoms with E-state index in [0.29, 0.717) is 25.2 Å². The lowest BCUT2D eigenvalue weighted by atomic mass is 10.1. The second-order valence-electron chi connectivity index (χ2n) is 7.73. The minimum absolute atomic E-state index is 0.0357. The zero-order valence-electron chi connectivity index (χ0n) is 17.6. The van der Waals surface area contributed by atoms with Crippen molar-refractivity contribution in [1.82, 2.24) is 9.21 Å². The van der Waals surface area contributed by atoms with E-state index in [4.69, 9.17) is 0 Å². The molecule has 0 aromatic heterocycles. The van der Waals surface area contributed by atoms with E-state index < -0.39 is 16.1 Å². The van der Waals surface area contributed by atoms with Gasteiger partial charge >= 0.3 is 0 Å². The molecule has 0 aliphatic carbocycles. The van der Waals surface area contributed by atoms with Crippen molar-refractivity contribution < 1.29 is 18.0 Å². The summed E-state index contributed by atoms with van der Waals surface area (Å²) in [5, 5.41) is 0. The number of hydrogen-bond donors (Lipinski definition) is 0. The van der Waals surface area contributed by atoms with Gasteiger partial charge in [-0.25, -0.2) is 8.42 Å². The molecule has 2 heterocycles. The molecule has 1 saturated heterocycles. The number of benzene rings is 1. The molecule has 0 saturated carbocycles. The van der Waals surface area contributed by atoms with Gasteiger partial charge in [-0.2, -0.15) is 4.31 Å². The fraction of sp³-hybridized carbons (Fsp3) is 0.619. The molecule has 7 nitrogen and oxygen atoms in total. The number of hydrogen-bond acceptors (Lipinski definition) is 4. The third-order valence-electron chi connectivity index (χ3n) is 5.92. The Hall–Kier alpha value is -1.93. The van der Waals surface area contributed by atoms with Gasteiger partial charge in [-0.05, 0) is 36.6 Å². The van der Waals surface area contributed by atoms with E-state index in [1.807, 2.05) is 18.7 Å². The van der Waals surface area contributed by atoms with Gasteiger partial charge in [-0.3, -0.25) is 14.5 Å². The topological polar surface area (TPSA) is 78.0 Å². The average Bonchev–Trinajstić information content (AvgIpc) is 2.86. The lowest BCUT2D eigenvalue weighted by molar-refractivity contribution is -0.134. The number of fused-ring (bicyclic) bond motifs is 1. The number of anilines is 1. The van der Waals surface area contributed by atoms with Crippen LogP contribution in [-0.4, -0.2) is 61.7 Å². The fourth-order valence-corrected chi connectivity index (χ4v) is 5.90. The molecule has 0 bridgehead atoms. The van der Waals surface area contributed by atoms with Crippen LogP contribution >= 0.6 is 0 Å². The number of carbonyl (C=O) groups excluding carboxylic acids is 2. The van der Waals surface area contributed by atoms with Crippen molar-refractivity contribution in [2.45, 2.75) is 63.8 Å². The Labute approximate surface area is 173 Å². The molecule has 2 aliphatic rings.